The number of nitrogens with zero attached hydrogens (tertiary/aromatic N) is 4. The van der Waals surface area contributed by atoms with Gasteiger partial charge in [-0.1, -0.05) is 221 Å². The van der Waals surface area contributed by atoms with E-state index >= 15 is 0 Å². The molecule has 1 aliphatic rings. The summed E-state index contributed by atoms with van der Waals surface area (Å²) in [6, 6.07) is 60.2. The van der Waals surface area contributed by atoms with Crippen molar-refractivity contribution < 1.29 is 0 Å². The van der Waals surface area contributed by atoms with Crippen molar-refractivity contribution in [3.63, 3.8) is 0 Å². The molecule has 1 aliphatic carbocycles. The van der Waals surface area contributed by atoms with E-state index in [4.69, 9.17) is 19.9 Å². The van der Waals surface area contributed by atoms with Gasteiger partial charge in [0.2, 0.25) is 0 Å². The fourth-order valence-corrected chi connectivity index (χ4v) is 9.09. The van der Waals surface area contributed by atoms with E-state index in [-0.39, 0.29) is 5.41 Å². The fraction of sp³-hybridized carbons (Fsp3) is 0.129. The summed E-state index contributed by atoms with van der Waals surface area (Å²) in [5, 5.41) is 0. The van der Waals surface area contributed by atoms with Crippen LogP contribution in [0.1, 0.15) is 68.8 Å². The van der Waals surface area contributed by atoms with Gasteiger partial charge in [-0.25, -0.2) is 19.9 Å². The van der Waals surface area contributed by atoms with E-state index in [2.05, 4.69) is 222 Å². The van der Waals surface area contributed by atoms with Gasteiger partial charge in [-0.15, -0.1) is 0 Å². The van der Waals surface area contributed by atoms with E-state index in [1.165, 1.54) is 22.3 Å². The largest absolute Gasteiger partial charge is 0.228 e. The molecule has 0 aliphatic heterocycles. The van der Waals surface area contributed by atoms with Crippen molar-refractivity contribution in [2.45, 2.75) is 51.9 Å². The van der Waals surface area contributed by atoms with E-state index in [9.17, 15) is 0 Å². The molecule has 0 amide bonds. The standard InChI is InChI=1S/C62H54N4/c1-5-9-19-44(6-2)46-26-30-50(31-27-46)58-42-56(48-22-15-11-16-23-48)63-60(65-58)52-34-38-54(39-35-52)62(7-3,8-4)55-40-36-53(37-41-55)61-64-57(49-24-17-12-18-25-49)43-59(66-61)51-32-28-47(29-33-51)45-20-13-10-14-21-45/h5-6,9-11,13-17,19-43H,1,7-8,12,18H2,2-4H3/b19-9-,44-6+. The number of rotatable bonds is 14. The van der Waals surface area contributed by atoms with Crippen LogP contribution in [0.5, 0.6) is 0 Å². The van der Waals surface area contributed by atoms with Gasteiger partial charge in [-0.3, -0.25) is 0 Å². The molecule has 0 bridgehead atoms. The highest BCUT2D eigenvalue weighted by atomic mass is 14.9. The van der Waals surface area contributed by atoms with Gasteiger partial charge in [0.15, 0.2) is 11.6 Å². The average molecular weight is 855 g/mol. The second-order valence-electron chi connectivity index (χ2n) is 16.7. The molecule has 0 atom stereocenters. The van der Waals surface area contributed by atoms with E-state index in [0.717, 1.165) is 98.8 Å². The zero-order valence-corrected chi connectivity index (χ0v) is 38.0. The van der Waals surface area contributed by atoms with Crippen molar-refractivity contribution in [2.24, 2.45) is 0 Å². The predicted octanol–water partition coefficient (Wildman–Crippen LogP) is 16.3. The summed E-state index contributed by atoms with van der Waals surface area (Å²) in [4.78, 5) is 20.7. The number of aromatic nitrogens is 4. The summed E-state index contributed by atoms with van der Waals surface area (Å²) in [5.74, 6) is 1.42. The highest BCUT2D eigenvalue weighted by Crippen LogP contribution is 2.41. The molecule has 322 valence electrons. The Hall–Kier alpha value is -7.82. The monoisotopic (exact) mass is 854 g/mol. The fourth-order valence-electron chi connectivity index (χ4n) is 9.09. The predicted molar refractivity (Wildman–Crippen MR) is 277 cm³/mol. The average Bonchev–Trinajstić information content (AvgIpc) is 3.40. The molecule has 0 saturated carbocycles. The van der Waals surface area contributed by atoms with Gasteiger partial charge in [0.25, 0.3) is 0 Å². The van der Waals surface area contributed by atoms with Gasteiger partial charge in [0, 0.05) is 33.2 Å². The lowest BCUT2D eigenvalue weighted by Gasteiger charge is -2.33. The molecule has 66 heavy (non-hydrogen) atoms. The van der Waals surface area contributed by atoms with Crippen LogP contribution in [0.4, 0.5) is 0 Å². The molecule has 6 aromatic carbocycles. The van der Waals surface area contributed by atoms with Crippen molar-refractivity contribution in [3.05, 3.63) is 241 Å². The number of allylic oxidation sites excluding steroid dienone is 9. The number of hydrogen-bond acceptors (Lipinski definition) is 4. The van der Waals surface area contributed by atoms with Gasteiger partial charge in [0.1, 0.15) is 0 Å². The maximum atomic E-state index is 5.19. The molecule has 2 aromatic heterocycles. The van der Waals surface area contributed by atoms with E-state index in [1.807, 2.05) is 12.1 Å². The molecule has 0 spiro atoms. The lowest BCUT2D eigenvalue weighted by molar-refractivity contribution is 0.478. The molecule has 0 fully saturated rings. The third-order valence-electron chi connectivity index (χ3n) is 12.9. The molecule has 8 aromatic rings. The Balaban J connectivity index is 1.03. The highest BCUT2D eigenvalue weighted by Gasteiger charge is 2.31. The molecule has 4 heteroatoms. The highest BCUT2D eigenvalue weighted by molar-refractivity contribution is 5.79. The molecule has 0 unspecified atom stereocenters. The van der Waals surface area contributed by atoms with Crippen LogP contribution in [0.3, 0.4) is 0 Å². The Kier molecular flexibility index (Phi) is 13.1. The van der Waals surface area contributed by atoms with Crippen molar-refractivity contribution in [3.8, 4) is 67.7 Å². The van der Waals surface area contributed by atoms with Crippen LogP contribution in [0, 0.1) is 0 Å². The van der Waals surface area contributed by atoms with Crippen LogP contribution >= 0.6 is 0 Å². The van der Waals surface area contributed by atoms with E-state index < -0.39 is 0 Å². The molecule has 0 radical (unpaired) electrons. The number of benzene rings is 6. The van der Waals surface area contributed by atoms with Crippen molar-refractivity contribution in [2.75, 3.05) is 0 Å². The smallest absolute Gasteiger partial charge is 0.160 e. The Labute approximate surface area is 390 Å². The van der Waals surface area contributed by atoms with Gasteiger partial charge in [-0.05, 0) is 83.7 Å². The summed E-state index contributed by atoms with van der Waals surface area (Å²) >= 11 is 0. The van der Waals surface area contributed by atoms with Crippen molar-refractivity contribution in [1.82, 2.24) is 19.9 Å². The lowest BCUT2D eigenvalue weighted by Crippen LogP contribution is -2.26. The first kappa shape index (κ1) is 43.4. The number of hydrogen-bond donors (Lipinski definition) is 0. The molecule has 9 rings (SSSR count). The van der Waals surface area contributed by atoms with Crippen LogP contribution in [0.2, 0.25) is 0 Å². The molecule has 4 nitrogen and oxygen atoms in total. The zero-order chi connectivity index (χ0) is 45.3. The summed E-state index contributed by atoms with van der Waals surface area (Å²) in [6.45, 7) is 10.5. The van der Waals surface area contributed by atoms with Gasteiger partial charge in [-0.2, -0.15) is 0 Å². The maximum Gasteiger partial charge on any atom is 0.160 e. The topological polar surface area (TPSA) is 51.6 Å². The minimum Gasteiger partial charge on any atom is -0.228 e. The Morgan fingerprint density at radius 3 is 1.44 bits per heavy atom. The van der Waals surface area contributed by atoms with Crippen LogP contribution in [0.25, 0.3) is 78.8 Å². The Morgan fingerprint density at radius 1 is 0.515 bits per heavy atom. The summed E-state index contributed by atoms with van der Waals surface area (Å²) in [7, 11) is 0. The second-order valence-corrected chi connectivity index (χ2v) is 16.7. The summed E-state index contributed by atoms with van der Waals surface area (Å²) in [6.07, 6.45) is 18.6. The van der Waals surface area contributed by atoms with Crippen LogP contribution < -0.4 is 0 Å². The third-order valence-corrected chi connectivity index (χ3v) is 12.9. The van der Waals surface area contributed by atoms with Crippen LogP contribution in [-0.4, -0.2) is 19.9 Å². The molecule has 0 N–H and O–H groups in total. The minimum absolute atomic E-state index is 0.199. The Morgan fingerprint density at radius 2 is 0.955 bits per heavy atom. The van der Waals surface area contributed by atoms with Crippen molar-refractivity contribution >= 4 is 11.1 Å². The van der Waals surface area contributed by atoms with E-state index in [1.54, 1.807) is 6.08 Å². The lowest BCUT2D eigenvalue weighted by atomic mass is 9.70. The molecular weight excluding hydrogens is 801 g/mol. The minimum atomic E-state index is -0.199. The first-order chi connectivity index (χ1) is 32.5. The molecule has 2 heterocycles. The third kappa shape index (κ3) is 9.22. The van der Waals surface area contributed by atoms with Gasteiger partial charge in [0.05, 0.1) is 22.8 Å². The second kappa shape index (κ2) is 19.9. The first-order valence-electron chi connectivity index (χ1n) is 23.1. The molecular formula is C62H54N4. The summed E-state index contributed by atoms with van der Waals surface area (Å²) < 4.78 is 0. The Bertz CT molecular complexity index is 3060. The normalized spacial score (nSPS) is 12.9. The van der Waals surface area contributed by atoms with Crippen LogP contribution in [0.15, 0.2) is 219 Å². The zero-order valence-electron chi connectivity index (χ0n) is 38.0. The summed E-state index contributed by atoms with van der Waals surface area (Å²) in [5.41, 5.74) is 16.9. The van der Waals surface area contributed by atoms with Crippen molar-refractivity contribution in [1.29, 1.82) is 0 Å². The first-order valence-corrected chi connectivity index (χ1v) is 23.1. The molecule has 0 saturated heterocycles. The SMILES string of the molecule is C=C/C=C\C(=C/C)c1ccc(-c2cc(-c3ccccc3)nc(-c3ccc(C(CC)(CC)c4ccc(-c5nc(C6=CCCC=C6)cc(-c6ccc(-c7ccccc7)cc6)n5)cc4)cc3)n2)cc1. The van der Waals surface area contributed by atoms with Crippen LogP contribution in [-0.2, 0) is 5.41 Å². The quantitative estimate of drug-likeness (QED) is 0.102. The maximum absolute atomic E-state index is 5.19. The van der Waals surface area contributed by atoms with E-state index in [0.29, 0.717) is 5.82 Å². The van der Waals surface area contributed by atoms with Gasteiger partial charge >= 0.3 is 0 Å². The van der Waals surface area contributed by atoms with Gasteiger partial charge < -0.3 is 0 Å².